The van der Waals surface area contributed by atoms with Crippen LogP contribution in [0.15, 0.2) is 59.5 Å². The summed E-state index contributed by atoms with van der Waals surface area (Å²) in [6.07, 6.45) is 2.48. The number of pyridine rings is 1. The normalized spacial score (nSPS) is 13.3. The summed E-state index contributed by atoms with van der Waals surface area (Å²) in [5.74, 6) is -0.221. The van der Waals surface area contributed by atoms with Gasteiger partial charge in [0.2, 0.25) is 5.43 Å². The first-order chi connectivity index (χ1) is 11.2. The van der Waals surface area contributed by atoms with E-state index in [9.17, 15) is 9.59 Å². The quantitative estimate of drug-likeness (QED) is 0.694. The monoisotopic (exact) mass is 304 g/mol. The fraction of sp³-hybridized carbons (Fsp3) is 0.158. The topological polar surface area (TPSA) is 42.3 Å². The predicted molar refractivity (Wildman–Crippen MR) is 91.0 cm³/mol. The molecule has 23 heavy (non-hydrogen) atoms. The third kappa shape index (κ3) is 2.06. The third-order valence-corrected chi connectivity index (χ3v) is 4.46. The first-order valence-electron chi connectivity index (χ1n) is 7.65. The van der Waals surface area contributed by atoms with Crippen molar-refractivity contribution in [3.05, 3.63) is 76.1 Å². The maximum absolute atomic E-state index is 12.9. The van der Waals surface area contributed by atoms with Crippen LogP contribution in [0, 0.1) is 0 Å². The fourth-order valence-electron chi connectivity index (χ4n) is 3.29. The number of nitrogens with zero attached hydrogens (tertiary/aromatic N) is 2. The van der Waals surface area contributed by atoms with Crippen molar-refractivity contribution in [1.82, 2.24) is 4.57 Å². The first-order valence-corrected chi connectivity index (χ1v) is 7.65. The van der Waals surface area contributed by atoms with Crippen molar-refractivity contribution in [3.8, 4) is 0 Å². The van der Waals surface area contributed by atoms with Crippen molar-refractivity contribution < 1.29 is 4.79 Å². The van der Waals surface area contributed by atoms with Gasteiger partial charge in [0.15, 0.2) is 0 Å². The number of anilines is 1. The van der Waals surface area contributed by atoms with Crippen LogP contribution in [-0.4, -0.2) is 17.0 Å². The van der Waals surface area contributed by atoms with Crippen molar-refractivity contribution >= 4 is 22.5 Å². The molecule has 0 radical (unpaired) electrons. The highest BCUT2D eigenvalue weighted by molar-refractivity contribution is 6.08. The minimum absolute atomic E-state index is 0.201. The minimum atomic E-state index is -0.221. The molecule has 1 amide bonds. The van der Waals surface area contributed by atoms with Crippen molar-refractivity contribution in [2.45, 2.75) is 6.42 Å². The van der Waals surface area contributed by atoms with Gasteiger partial charge in [-0.3, -0.25) is 9.59 Å². The third-order valence-electron chi connectivity index (χ3n) is 4.46. The molecule has 0 atom stereocenters. The molecule has 0 unspecified atom stereocenters. The van der Waals surface area contributed by atoms with Crippen LogP contribution in [0.2, 0.25) is 0 Å². The fourth-order valence-corrected chi connectivity index (χ4v) is 3.29. The molecule has 4 heteroatoms. The predicted octanol–water partition coefficient (Wildman–Crippen LogP) is 2.74. The van der Waals surface area contributed by atoms with Gasteiger partial charge in [0.25, 0.3) is 5.91 Å². The number of aromatic nitrogens is 1. The van der Waals surface area contributed by atoms with Crippen LogP contribution in [0.3, 0.4) is 0 Å². The van der Waals surface area contributed by atoms with Gasteiger partial charge in [0, 0.05) is 30.9 Å². The largest absolute Gasteiger partial charge is 0.350 e. The Kier molecular flexibility index (Phi) is 3.05. The van der Waals surface area contributed by atoms with Crippen LogP contribution < -0.4 is 10.3 Å². The zero-order valence-corrected chi connectivity index (χ0v) is 12.8. The Labute approximate surface area is 133 Å². The van der Waals surface area contributed by atoms with Gasteiger partial charge in [-0.15, -0.1) is 0 Å². The highest BCUT2D eigenvalue weighted by Crippen LogP contribution is 2.28. The molecule has 114 valence electrons. The molecule has 1 aromatic heterocycles. The summed E-state index contributed by atoms with van der Waals surface area (Å²) in [6.45, 7) is 0.619. The molecule has 1 aliphatic rings. The second-order valence-corrected chi connectivity index (χ2v) is 5.84. The highest BCUT2D eigenvalue weighted by atomic mass is 16.2. The van der Waals surface area contributed by atoms with Gasteiger partial charge in [0.05, 0.1) is 5.52 Å². The lowest BCUT2D eigenvalue weighted by Crippen LogP contribution is -2.33. The number of fused-ring (bicyclic) bond motifs is 2. The minimum Gasteiger partial charge on any atom is -0.350 e. The molecule has 0 bridgehead atoms. The van der Waals surface area contributed by atoms with E-state index in [1.165, 1.54) is 0 Å². The Morgan fingerprint density at radius 1 is 1.04 bits per heavy atom. The average molecular weight is 304 g/mol. The van der Waals surface area contributed by atoms with Crippen LogP contribution in [0.1, 0.15) is 15.9 Å². The molecular formula is C19H16N2O2. The molecule has 2 heterocycles. The Bertz CT molecular complexity index is 988. The van der Waals surface area contributed by atoms with Gasteiger partial charge in [0.1, 0.15) is 5.56 Å². The first kappa shape index (κ1) is 13.8. The molecule has 1 aliphatic heterocycles. The summed E-state index contributed by atoms with van der Waals surface area (Å²) in [5.41, 5.74) is 2.91. The van der Waals surface area contributed by atoms with Gasteiger partial charge >= 0.3 is 0 Å². The maximum Gasteiger partial charge on any atom is 0.263 e. The molecule has 0 saturated carbocycles. The lowest BCUT2D eigenvalue weighted by Gasteiger charge is -2.18. The van der Waals surface area contributed by atoms with E-state index in [1.54, 1.807) is 17.2 Å². The van der Waals surface area contributed by atoms with Gasteiger partial charge in [-0.05, 0) is 30.2 Å². The highest BCUT2D eigenvalue weighted by Gasteiger charge is 2.27. The summed E-state index contributed by atoms with van der Waals surface area (Å²) in [6, 6.07) is 15.2. The van der Waals surface area contributed by atoms with E-state index in [0.29, 0.717) is 11.9 Å². The Morgan fingerprint density at radius 2 is 1.78 bits per heavy atom. The Balaban J connectivity index is 1.86. The van der Waals surface area contributed by atoms with Gasteiger partial charge in [-0.1, -0.05) is 30.3 Å². The van der Waals surface area contributed by atoms with Crippen molar-refractivity contribution in [2.75, 3.05) is 11.4 Å². The van der Waals surface area contributed by atoms with E-state index in [1.807, 2.05) is 54.1 Å². The number of amides is 1. The number of rotatable bonds is 1. The van der Waals surface area contributed by atoms with Crippen LogP contribution in [0.5, 0.6) is 0 Å². The zero-order valence-electron chi connectivity index (χ0n) is 12.8. The molecule has 4 nitrogen and oxygen atoms in total. The number of carbonyl (C=O) groups excluding carboxylic acids is 1. The van der Waals surface area contributed by atoms with E-state index >= 15 is 0 Å². The number of hydrogen-bond donors (Lipinski definition) is 0. The summed E-state index contributed by atoms with van der Waals surface area (Å²) in [5, 5.41) is 0.577. The summed E-state index contributed by atoms with van der Waals surface area (Å²) >= 11 is 0. The van der Waals surface area contributed by atoms with E-state index in [4.69, 9.17) is 0 Å². The maximum atomic E-state index is 12.9. The van der Waals surface area contributed by atoms with Crippen LogP contribution in [0.25, 0.3) is 10.9 Å². The van der Waals surface area contributed by atoms with Crippen molar-refractivity contribution in [3.63, 3.8) is 0 Å². The standard InChI is InChI=1S/C19H16N2O2/c1-20-12-15(18(22)14-7-3-5-9-17(14)20)19(23)21-11-10-13-6-2-4-8-16(13)21/h2-9,12H,10-11H2,1H3. The zero-order chi connectivity index (χ0) is 16.0. The average Bonchev–Trinajstić information content (AvgIpc) is 3.01. The second-order valence-electron chi connectivity index (χ2n) is 5.84. The van der Waals surface area contributed by atoms with Crippen molar-refractivity contribution in [1.29, 1.82) is 0 Å². The Hall–Kier alpha value is -2.88. The summed E-state index contributed by atoms with van der Waals surface area (Å²) in [4.78, 5) is 27.4. The number of carbonyl (C=O) groups is 1. The van der Waals surface area contributed by atoms with E-state index < -0.39 is 0 Å². The summed E-state index contributed by atoms with van der Waals surface area (Å²) < 4.78 is 1.84. The number of aryl methyl sites for hydroxylation is 1. The second kappa shape index (κ2) is 5.09. The summed E-state index contributed by atoms with van der Waals surface area (Å²) in [7, 11) is 1.86. The van der Waals surface area contributed by atoms with Crippen LogP contribution in [-0.2, 0) is 13.5 Å². The molecule has 0 fully saturated rings. The molecule has 0 aliphatic carbocycles. The molecule has 4 rings (SSSR count). The molecule has 2 aromatic carbocycles. The van der Waals surface area contributed by atoms with E-state index in [0.717, 1.165) is 23.2 Å². The molecule has 0 spiro atoms. The SMILES string of the molecule is Cn1cc(C(=O)N2CCc3ccccc32)c(=O)c2ccccc21. The molecule has 3 aromatic rings. The van der Waals surface area contributed by atoms with Crippen LogP contribution >= 0.6 is 0 Å². The van der Waals surface area contributed by atoms with Gasteiger partial charge < -0.3 is 9.47 Å². The smallest absolute Gasteiger partial charge is 0.263 e. The van der Waals surface area contributed by atoms with E-state index in [-0.39, 0.29) is 16.9 Å². The van der Waals surface area contributed by atoms with Crippen LogP contribution in [0.4, 0.5) is 5.69 Å². The van der Waals surface area contributed by atoms with Gasteiger partial charge in [-0.2, -0.15) is 0 Å². The lowest BCUT2D eigenvalue weighted by molar-refractivity contribution is 0.0988. The molecular weight excluding hydrogens is 288 g/mol. The number of benzene rings is 2. The van der Waals surface area contributed by atoms with Gasteiger partial charge in [-0.25, -0.2) is 0 Å². The molecule has 0 saturated heterocycles. The molecule has 0 N–H and O–H groups in total. The van der Waals surface area contributed by atoms with E-state index in [2.05, 4.69) is 0 Å². The number of para-hydroxylation sites is 2. The number of hydrogen-bond acceptors (Lipinski definition) is 2. The Morgan fingerprint density at radius 3 is 2.65 bits per heavy atom. The van der Waals surface area contributed by atoms with Crippen molar-refractivity contribution in [2.24, 2.45) is 7.05 Å². The lowest BCUT2D eigenvalue weighted by atomic mass is 10.1.